The second-order valence-corrected chi connectivity index (χ2v) is 6.12. The Hall–Kier alpha value is -2.90. The highest BCUT2D eigenvalue weighted by Crippen LogP contribution is 2.47. The van der Waals surface area contributed by atoms with Crippen LogP contribution in [0.5, 0.6) is 0 Å². The van der Waals surface area contributed by atoms with Crippen molar-refractivity contribution in [3.05, 3.63) is 59.9 Å². The maximum Gasteiger partial charge on any atom is 0.418 e. The molecule has 0 atom stereocenters. The molecule has 0 spiro atoms. The molecule has 2 N–H and O–H groups in total. The first kappa shape index (κ1) is 17.9. The first-order valence-corrected chi connectivity index (χ1v) is 7.98. The van der Waals surface area contributed by atoms with Crippen LogP contribution in [0.1, 0.15) is 24.0 Å². The summed E-state index contributed by atoms with van der Waals surface area (Å²) < 4.78 is 39.1. The number of carbonyl (C=O) groups excluding carboxylic acids is 2. The van der Waals surface area contributed by atoms with Gasteiger partial charge >= 0.3 is 6.18 Å². The molecule has 0 bridgehead atoms. The molecule has 1 fully saturated rings. The third-order valence-electron chi connectivity index (χ3n) is 4.30. The molecule has 2 aromatic rings. The predicted octanol–water partition coefficient (Wildman–Crippen LogP) is 3.14. The van der Waals surface area contributed by atoms with Crippen molar-refractivity contribution < 1.29 is 22.8 Å². The van der Waals surface area contributed by atoms with Crippen LogP contribution in [-0.2, 0) is 22.3 Å². The minimum Gasteiger partial charge on any atom is -0.351 e. The topological polar surface area (TPSA) is 71.1 Å². The number of rotatable bonds is 5. The molecule has 1 aromatic heterocycles. The lowest BCUT2D eigenvalue weighted by Gasteiger charge is -2.18. The maximum absolute atomic E-state index is 13.0. The standard InChI is InChI=1S/C18H16F3N3O2/c19-18(20,21)13-3-1-2-4-14(13)24-16(26)17(7-8-17)15(25)23-11-12-5-9-22-10-6-12/h1-6,9-10H,7-8,11H2,(H,23,25)(H,24,26). The number of hydrogen-bond donors (Lipinski definition) is 2. The Labute approximate surface area is 147 Å². The fourth-order valence-electron chi connectivity index (χ4n) is 2.62. The molecule has 0 radical (unpaired) electrons. The van der Waals surface area contributed by atoms with Crippen molar-refractivity contribution in [1.82, 2.24) is 10.3 Å². The average molecular weight is 363 g/mol. The van der Waals surface area contributed by atoms with Gasteiger partial charge in [-0.25, -0.2) is 0 Å². The van der Waals surface area contributed by atoms with Gasteiger partial charge < -0.3 is 10.6 Å². The number of carbonyl (C=O) groups is 2. The van der Waals surface area contributed by atoms with Crippen LogP contribution in [-0.4, -0.2) is 16.8 Å². The number of nitrogens with one attached hydrogen (secondary N) is 2. The molecule has 0 aliphatic heterocycles. The average Bonchev–Trinajstić information content (AvgIpc) is 3.42. The van der Waals surface area contributed by atoms with E-state index in [1.54, 1.807) is 24.5 Å². The van der Waals surface area contributed by atoms with Gasteiger partial charge in [0.15, 0.2) is 0 Å². The van der Waals surface area contributed by atoms with Crippen LogP contribution in [0.25, 0.3) is 0 Å². The summed E-state index contributed by atoms with van der Waals surface area (Å²) in [6.07, 6.45) is -0.834. The molecular weight excluding hydrogens is 347 g/mol. The summed E-state index contributed by atoms with van der Waals surface area (Å²) in [5.41, 5.74) is -1.79. The van der Waals surface area contributed by atoms with Crippen LogP contribution in [0.4, 0.5) is 18.9 Å². The van der Waals surface area contributed by atoms with E-state index in [1.807, 2.05) is 0 Å². The number of anilines is 1. The molecule has 8 heteroatoms. The molecule has 1 saturated carbocycles. The summed E-state index contributed by atoms with van der Waals surface area (Å²) in [6.45, 7) is 0.218. The number of amides is 2. The molecule has 26 heavy (non-hydrogen) atoms. The lowest BCUT2D eigenvalue weighted by atomic mass is 10.0. The van der Waals surface area contributed by atoms with Gasteiger partial charge in [0, 0.05) is 18.9 Å². The van der Waals surface area contributed by atoms with Gasteiger partial charge in [-0.15, -0.1) is 0 Å². The summed E-state index contributed by atoms with van der Waals surface area (Å²) in [6, 6.07) is 8.14. The Morgan fingerprint density at radius 3 is 2.31 bits per heavy atom. The fraction of sp³-hybridized carbons (Fsp3) is 0.278. The highest BCUT2D eigenvalue weighted by atomic mass is 19.4. The summed E-state index contributed by atoms with van der Waals surface area (Å²) in [5.74, 6) is -1.21. The lowest BCUT2D eigenvalue weighted by Crippen LogP contribution is -2.39. The van der Waals surface area contributed by atoms with E-state index in [1.165, 1.54) is 18.2 Å². The van der Waals surface area contributed by atoms with Crippen LogP contribution >= 0.6 is 0 Å². The van der Waals surface area contributed by atoms with Crippen molar-refractivity contribution in [2.24, 2.45) is 5.41 Å². The Kier molecular flexibility index (Phi) is 4.67. The Morgan fingerprint density at radius 2 is 1.69 bits per heavy atom. The van der Waals surface area contributed by atoms with Crippen molar-refractivity contribution in [1.29, 1.82) is 0 Å². The van der Waals surface area contributed by atoms with E-state index in [4.69, 9.17) is 0 Å². The maximum atomic E-state index is 13.0. The predicted molar refractivity (Wildman–Crippen MR) is 87.8 cm³/mol. The zero-order chi connectivity index (χ0) is 18.8. The molecule has 2 amide bonds. The SMILES string of the molecule is O=C(NCc1ccncc1)C1(C(=O)Nc2ccccc2C(F)(F)F)CC1. The highest BCUT2D eigenvalue weighted by Gasteiger charge is 2.56. The zero-order valence-electron chi connectivity index (χ0n) is 13.6. The molecule has 0 saturated heterocycles. The molecule has 0 unspecified atom stereocenters. The first-order chi connectivity index (χ1) is 12.3. The van der Waals surface area contributed by atoms with Gasteiger partial charge in [0.2, 0.25) is 11.8 Å². The third kappa shape index (κ3) is 3.68. The summed E-state index contributed by atoms with van der Waals surface area (Å²) >= 11 is 0. The monoisotopic (exact) mass is 363 g/mol. The Bertz CT molecular complexity index is 818. The van der Waals surface area contributed by atoms with Crippen LogP contribution in [0.15, 0.2) is 48.8 Å². The quantitative estimate of drug-likeness (QED) is 0.802. The molecule has 3 rings (SSSR count). The lowest BCUT2D eigenvalue weighted by molar-refractivity contribution is -0.137. The molecule has 5 nitrogen and oxygen atoms in total. The van der Waals surface area contributed by atoms with E-state index in [-0.39, 0.29) is 12.2 Å². The number of pyridine rings is 1. The molecule has 136 valence electrons. The van der Waals surface area contributed by atoms with Crippen LogP contribution < -0.4 is 10.6 Å². The second-order valence-electron chi connectivity index (χ2n) is 6.12. The highest BCUT2D eigenvalue weighted by molar-refractivity contribution is 6.13. The number of benzene rings is 1. The van der Waals surface area contributed by atoms with Crippen LogP contribution in [0, 0.1) is 5.41 Å². The van der Waals surface area contributed by atoms with Gasteiger partial charge in [0.1, 0.15) is 5.41 Å². The van der Waals surface area contributed by atoms with Gasteiger partial charge in [-0.2, -0.15) is 13.2 Å². The van der Waals surface area contributed by atoms with Crippen LogP contribution in [0.2, 0.25) is 0 Å². The van der Waals surface area contributed by atoms with Gasteiger partial charge in [-0.3, -0.25) is 14.6 Å². The molecule has 1 heterocycles. The van der Waals surface area contributed by atoms with E-state index < -0.39 is 29.0 Å². The second kappa shape index (κ2) is 6.78. The molecule has 1 aromatic carbocycles. The van der Waals surface area contributed by atoms with Gasteiger partial charge in [-0.1, -0.05) is 12.1 Å². The van der Waals surface area contributed by atoms with Crippen molar-refractivity contribution in [3.8, 4) is 0 Å². The van der Waals surface area contributed by atoms with Crippen molar-refractivity contribution in [3.63, 3.8) is 0 Å². The zero-order valence-corrected chi connectivity index (χ0v) is 13.6. The van der Waals surface area contributed by atoms with E-state index in [9.17, 15) is 22.8 Å². The first-order valence-electron chi connectivity index (χ1n) is 7.98. The van der Waals surface area contributed by atoms with Crippen molar-refractivity contribution >= 4 is 17.5 Å². The van der Waals surface area contributed by atoms with Gasteiger partial charge in [-0.05, 0) is 42.7 Å². The number of nitrogens with zero attached hydrogens (tertiary/aromatic N) is 1. The van der Waals surface area contributed by atoms with Crippen molar-refractivity contribution in [2.45, 2.75) is 25.6 Å². The van der Waals surface area contributed by atoms with E-state index >= 15 is 0 Å². The van der Waals surface area contributed by atoms with Gasteiger partial charge in [0.25, 0.3) is 0 Å². The Balaban J connectivity index is 1.69. The smallest absolute Gasteiger partial charge is 0.351 e. The number of hydrogen-bond acceptors (Lipinski definition) is 3. The third-order valence-corrected chi connectivity index (χ3v) is 4.30. The van der Waals surface area contributed by atoms with E-state index in [0.29, 0.717) is 12.8 Å². The fourth-order valence-corrected chi connectivity index (χ4v) is 2.62. The molecule has 1 aliphatic rings. The summed E-state index contributed by atoms with van der Waals surface area (Å²) in [7, 11) is 0. The minimum atomic E-state index is -4.59. The molecule has 1 aliphatic carbocycles. The van der Waals surface area contributed by atoms with E-state index in [0.717, 1.165) is 11.6 Å². The number of aromatic nitrogens is 1. The Morgan fingerprint density at radius 1 is 1.04 bits per heavy atom. The molecular formula is C18H16F3N3O2. The number of halogens is 3. The van der Waals surface area contributed by atoms with Crippen molar-refractivity contribution in [2.75, 3.05) is 5.32 Å². The largest absolute Gasteiger partial charge is 0.418 e. The number of alkyl halides is 3. The summed E-state index contributed by atoms with van der Waals surface area (Å²) in [4.78, 5) is 28.8. The minimum absolute atomic E-state index is 0.218. The van der Waals surface area contributed by atoms with Crippen LogP contribution in [0.3, 0.4) is 0 Å². The number of para-hydroxylation sites is 1. The van der Waals surface area contributed by atoms with Gasteiger partial charge in [0.05, 0.1) is 11.3 Å². The van der Waals surface area contributed by atoms with E-state index in [2.05, 4.69) is 15.6 Å². The summed E-state index contributed by atoms with van der Waals surface area (Å²) in [5, 5.41) is 4.93. The normalized spacial score (nSPS) is 15.2.